The number of benzene rings is 2. The van der Waals surface area contributed by atoms with Crippen LogP contribution in [0.1, 0.15) is 5.56 Å². The average Bonchev–Trinajstić information content (AvgIpc) is 2.45. The highest BCUT2D eigenvalue weighted by Gasteiger charge is 2.10. The Morgan fingerprint density at radius 1 is 1.14 bits per heavy atom. The summed E-state index contributed by atoms with van der Waals surface area (Å²) < 4.78 is 32.7. The SMILES string of the molecule is N#CCOc1ccc(CNc2c(F)cc(Br)cc2F)cc1. The Morgan fingerprint density at radius 2 is 1.76 bits per heavy atom. The highest BCUT2D eigenvalue weighted by Crippen LogP contribution is 2.24. The third-order valence-corrected chi connectivity index (χ3v) is 3.16. The maximum atomic E-state index is 13.6. The van der Waals surface area contributed by atoms with Gasteiger partial charge < -0.3 is 10.1 Å². The van der Waals surface area contributed by atoms with Crippen LogP contribution in [0.3, 0.4) is 0 Å². The average molecular weight is 353 g/mol. The number of hydrogen-bond donors (Lipinski definition) is 1. The summed E-state index contributed by atoms with van der Waals surface area (Å²) >= 11 is 3.03. The second kappa shape index (κ2) is 7.04. The lowest BCUT2D eigenvalue weighted by Crippen LogP contribution is -2.04. The topological polar surface area (TPSA) is 45.0 Å². The van der Waals surface area contributed by atoms with Gasteiger partial charge in [0.1, 0.15) is 29.1 Å². The van der Waals surface area contributed by atoms with Crippen LogP contribution in [-0.4, -0.2) is 6.61 Å². The van der Waals surface area contributed by atoms with E-state index < -0.39 is 11.6 Å². The minimum atomic E-state index is -0.657. The van der Waals surface area contributed by atoms with Crippen LogP contribution in [0, 0.1) is 23.0 Å². The first-order chi connectivity index (χ1) is 10.1. The van der Waals surface area contributed by atoms with Crippen LogP contribution < -0.4 is 10.1 Å². The van der Waals surface area contributed by atoms with Crippen LogP contribution >= 0.6 is 15.9 Å². The van der Waals surface area contributed by atoms with E-state index in [-0.39, 0.29) is 18.8 Å². The highest BCUT2D eigenvalue weighted by atomic mass is 79.9. The molecular weight excluding hydrogens is 342 g/mol. The van der Waals surface area contributed by atoms with Crippen LogP contribution in [0.5, 0.6) is 5.75 Å². The molecule has 0 spiro atoms. The second-order valence-electron chi connectivity index (χ2n) is 4.19. The van der Waals surface area contributed by atoms with Gasteiger partial charge in [-0.2, -0.15) is 5.26 Å². The van der Waals surface area contributed by atoms with Crippen molar-refractivity contribution in [3.8, 4) is 11.8 Å². The third kappa shape index (κ3) is 4.17. The van der Waals surface area contributed by atoms with Gasteiger partial charge in [-0.15, -0.1) is 0 Å². The Balaban J connectivity index is 2.02. The molecule has 0 heterocycles. The fraction of sp³-hybridized carbons (Fsp3) is 0.133. The Hall–Kier alpha value is -2.13. The molecule has 0 bridgehead atoms. The number of hydrogen-bond acceptors (Lipinski definition) is 3. The molecule has 0 fully saturated rings. The lowest BCUT2D eigenvalue weighted by Gasteiger charge is -2.10. The first-order valence-corrected chi connectivity index (χ1v) is 6.86. The van der Waals surface area contributed by atoms with Crippen molar-refractivity contribution in [3.63, 3.8) is 0 Å². The largest absolute Gasteiger partial charge is 0.479 e. The molecule has 0 aliphatic heterocycles. The zero-order valence-corrected chi connectivity index (χ0v) is 12.5. The van der Waals surface area contributed by atoms with Gasteiger partial charge in [0.2, 0.25) is 0 Å². The van der Waals surface area contributed by atoms with Gasteiger partial charge in [-0.3, -0.25) is 0 Å². The molecule has 108 valence electrons. The molecule has 0 amide bonds. The smallest absolute Gasteiger partial charge is 0.174 e. The lowest BCUT2D eigenvalue weighted by molar-refractivity contribution is 0.368. The fourth-order valence-corrected chi connectivity index (χ4v) is 2.12. The normalized spacial score (nSPS) is 10.0. The van der Waals surface area contributed by atoms with E-state index in [0.29, 0.717) is 10.2 Å². The third-order valence-electron chi connectivity index (χ3n) is 2.70. The first-order valence-electron chi connectivity index (χ1n) is 6.07. The number of nitrogens with zero attached hydrogens (tertiary/aromatic N) is 1. The zero-order valence-electron chi connectivity index (χ0n) is 10.9. The predicted molar refractivity (Wildman–Crippen MR) is 78.9 cm³/mol. The zero-order chi connectivity index (χ0) is 15.2. The molecule has 2 aromatic carbocycles. The first kappa shape index (κ1) is 15.3. The number of anilines is 1. The van der Waals surface area contributed by atoms with E-state index in [0.717, 1.165) is 5.56 Å². The summed E-state index contributed by atoms with van der Waals surface area (Å²) in [6, 6.07) is 11.2. The van der Waals surface area contributed by atoms with Gasteiger partial charge in [0.25, 0.3) is 0 Å². The monoisotopic (exact) mass is 352 g/mol. The predicted octanol–water partition coefficient (Wildman–Crippen LogP) is 4.24. The second-order valence-corrected chi connectivity index (χ2v) is 5.10. The van der Waals surface area contributed by atoms with Crippen LogP contribution in [0.4, 0.5) is 14.5 Å². The van der Waals surface area contributed by atoms with E-state index in [9.17, 15) is 8.78 Å². The van der Waals surface area contributed by atoms with Gasteiger partial charge in [-0.1, -0.05) is 28.1 Å². The molecule has 0 unspecified atom stereocenters. The molecule has 0 saturated heterocycles. The molecule has 0 radical (unpaired) electrons. The summed E-state index contributed by atoms with van der Waals surface area (Å²) in [5.41, 5.74) is 0.670. The molecule has 6 heteroatoms. The highest BCUT2D eigenvalue weighted by molar-refractivity contribution is 9.10. The minimum Gasteiger partial charge on any atom is -0.479 e. The number of halogens is 3. The molecule has 0 aliphatic rings. The van der Waals surface area contributed by atoms with Gasteiger partial charge in [-0.25, -0.2) is 8.78 Å². The number of nitriles is 1. The molecule has 0 atom stereocenters. The van der Waals surface area contributed by atoms with E-state index in [1.54, 1.807) is 24.3 Å². The Morgan fingerprint density at radius 3 is 2.33 bits per heavy atom. The van der Waals surface area contributed by atoms with Gasteiger partial charge in [-0.05, 0) is 29.8 Å². The molecule has 2 aromatic rings. The van der Waals surface area contributed by atoms with E-state index in [4.69, 9.17) is 10.00 Å². The molecule has 0 aliphatic carbocycles. The summed E-state index contributed by atoms with van der Waals surface area (Å²) in [5, 5.41) is 11.1. The van der Waals surface area contributed by atoms with Crippen molar-refractivity contribution in [1.82, 2.24) is 0 Å². The standard InChI is InChI=1S/C15H11BrF2N2O/c16-11-7-13(17)15(14(18)8-11)20-9-10-1-3-12(4-2-10)21-6-5-19/h1-4,7-8,20H,6,9H2. The molecule has 0 saturated carbocycles. The Kier molecular flexibility index (Phi) is 5.12. The molecule has 2 rings (SSSR count). The molecule has 0 aromatic heterocycles. The molecule has 21 heavy (non-hydrogen) atoms. The van der Waals surface area contributed by atoms with Gasteiger partial charge in [0.05, 0.1) is 0 Å². The van der Waals surface area contributed by atoms with Gasteiger partial charge in [0, 0.05) is 11.0 Å². The van der Waals surface area contributed by atoms with Crippen molar-refractivity contribution in [3.05, 3.63) is 58.1 Å². The maximum absolute atomic E-state index is 13.6. The molecule has 3 nitrogen and oxygen atoms in total. The van der Waals surface area contributed by atoms with Crippen LogP contribution in [0.25, 0.3) is 0 Å². The van der Waals surface area contributed by atoms with Crippen molar-refractivity contribution >= 4 is 21.6 Å². The summed E-state index contributed by atoms with van der Waals surface area (Å²) in [7, 11) is 0. The van der Waals surface area contributed by atoms with Gasteiger partial charge >= 0.3 is 0 Å². The van der Waals surface area contributed by atoms with E-state index >= 15 is 0 Å². The Bertz CT molecular complexity index is 645. The number of rotatable bonds is 5. The van der Waals surface area contributed by atoms with E-state index in [2.05, 4.69) is 21.2 Å². The van der Waals surface area contributed by atoms with Crippen LogP contribution in [0.2, 0.25) is 0 Å². The minimum absolute atomic E-state index is 0.0209. The van der Waals surface area contributed by atoms with Crippen LogP contribution in [0.15, 0.2) is 40.9 Å². The van der Waals surface area contributed by atoms with Crippen molar-refractivity contribution in [2.75, 3.05) is 11.9 Å². The summed E-state index contributed by atoms with van der Waals surface area (Å²) in [6.45, 7) is 0.251. The number of ether oxygens (including phenoxy) is 1. The Labute approximate surface area is 129 Å². The maximum Gasteiger partial charge on any atom is 0.174 e. The van der Waals surface area contributed by atoms with Crippen molar-refractivity contribution in [2.24, 2.45) is 0 Å². The molecular formula is C15H11BrF2N2O. The lowest BCUT2D eigenvalue weighted by atomic mass is 10.2. The van der Waals surface area contributed by atoms with E-state index in [1.165, 1.54) is 12.1 Å². The molecule has 1 N–H and O–H groups in total. The van der Waals surface area contributed by atoms with Crippen LogP contribution in [-0.2, 0) is 6.54 Å². The van der Waals surface area contributed by atoms with Crippen molar-refractivity contribution in [2.45, 2.75) is 6.54 Å². The number of nitrogens with one attached hydrogen (secondary N) is 1. The quantitative estimate of drug-likeness (QED) is 0.875. The van der Waals surface area contributed by atoms with Crippen molar-refractivity contribution < 1.29 is 13.5 Å². The summed E-state index contributed by atoms with van der Waals surface area (Å²) in [6.07, 6.45) is 0. The summed E-state index contributed by atoms with van der Waals surface area (Å²) in [4.78, 5) is 0. The van der Waals surface area contributed by atoms with Gasteiger partial charge in [0.15, 0.2) is 6.61 Å². The van der Waals surface area contributed by atoms with E-state index in [1.807, 2.05) is 6.07 Å². The fourth-order valence-electron chi connectivity index (χ4n) is 1.72. The van der Waals surface area contributed by atoms with Crippen molar-refractivity contribution in [1.29, 1.82) is 5.26 Å². The summed E-state index contributed by atoms with van der Waals surface area (Å²) in [5.74, 6) is -0.743.